The summed E-state index contributed by atoms with van der Waals surface area (Å²) < 4.78 is 0. The van der Waals surface area contributed by atoms with Gasteiger partial charge in [0.15, 0.2) is 0 Å². The van der Waals surface area contributed by atoms with Crippen LogP contribution in [-0.4, -0.2) is 16.4 Å². The number of carbonyl (C=O) groups is 1. The van der Waals surface area contributed by atoms with Crippen LogP contribution in [-0.2, 0) is 5.41 Å². The summed E-state index contributed by atoms with van der Waals surface area (Å²) in [5.41, 5.74) is 6.99. The van der Waals surface area contributed by atoms with Gasteiger partial charge in [-0.3, -0.25) is 4.79 Å². The molecule has 0 unspecified atom stereocenters. The predicted molar refractivity (Wildman–Crippen MR) is 81.6 cm³/mol. The first kappa shape index (κ1) is 14.8. The molecule has 1 amide bonds. The average molecular weight is 275 g/mol. The lowest BCUT2D eigenvalue weighted by molar-refractivity contribution is 0.0903. The van der Waals surface area contributed by atoms with Crippen LogP contribution in [0.1, 0.15) is 63.5 Å². The van der Waals surface area contributed by atoms with E-state index in [1.807, 2.05) is 6.07 Å². The van der Waals surface area contributed by atoms with Crippen molar-refractivity contribution in [1.82, 2.24) is 10.3 Å². The van der Waals surface area contributed by atoms with Crippen molar-refractivity contribution in [2.45, 2.75) is 58.4 Å². The second kappa shape index (κ2) is 4.76. The van der Waals surface area contributed by atoms with Crippen LogP contribution in [0.25, 0.3) is 0 Å². The molecule has 1 aromatic heterocycles. The Hall–Kier alpha value is -1.58. The van der Waals surface area contributed by atoms with Gasteiger partial charge in [0.2, 0.25) is 0 Å². The maximum Gasteiger partial charge on any atom is 0.251 e. The van der Waals surface area contributed by atoms with E-state index in [9.17, 15) is 4.79 Å². The molecule has 0 bridgehead atoms. The quantitative estimate of drug-likeness (QED) is 0.891. The number of hydrogen-bond acceptors (Lipinski definition) is 3. The SMILES string of the molecule is CC(C)(C)c1cc(C(=O)NC(C)(C)C2CC2)cc(N)n1. The number of rotatable bonds is 3. The van der Waals surface area contributed by atoms with E-state index in [1.54, 1.807) is 6.07 Å². The molecule has 4 heteroatoms. The molecular weight excluding hydrogens is 250 g/mol. The van der Waals surface area contributed by atoms with Crippen molar-refractivity contribution in [2.24, 2.45) is 5.92 Å². The number of hydrogen-bond donors (Lipinski definition) is 2. The monoisotopic (exact) mass is 275 g/mol. The van der Waals surface area contributed by atoms with Crippen LogP contribution in [0.3, 0.4) is 0 Å². The van der Waals surface area contributed by atoms with Crippen LogP contribution in [0.2, 0.25) is 0 Å². The number of nitrogens with one attached hydrogen (secondary N) is 1. The van der Waals surface area contributed by atoms with E-state index in [0.717, 1.165) is 5.69 Å². The minimum Gasteiger partial charge on any atom is -0.384 e. The Morgan fingerprint density at radius 1 is 1.25 bits per heavy atom. The summed E-state index contributed by atoms with van der Waals surface area (Å²) in [5.74, 6) is 0.918. The van der Waals surface area contributed by atoms with Gasteiger partial charge in [-0.15, -0.1) is 0 Å². The summed E-state index contributed by atoms with van der Waals surface area (Å²) in [5, 5.41) is 3.12. The van der Waals surface area contributed by atoms with Crippen LogP contribution < -0.4 is 11.1 Å². The Morgan fingerprint density at radius 2 is 1.85 bits per heavy atom. The molecule has 4 nitrogen and oxygen atoms in total. The highest BCUT2D eigenvalue weighted by molar-refractivity contribution is 5.95. The number of nitrogens with zero attached hydrogens (tertiary/aromatic N) is 1. The van der Waals surface area contributed by atoms with Crippen LogP contribution in [0, 0.1) is 5.92 Å². The molecule has 2 rings (SSSR count). The van der Waals surface area contributed by atoms with Crippen LogP contribution in [0.4, 0.5) is 5.82 Å². The number of aromatic nitrogens is 1. The first-order chi connectivity index (χ1) is 9.09. The van der Waals surface area contributed by atoms with Gasteiger partial charge in [0.25, 0.3) is 5.91 Å². The zero-order valence-electron chi connectivity index (χ0n) is 13.1. The molecule has 3 N–H and O–H groups in total. The molecule has 1 aromatic rings. The molecule has 1 fully saturated rings. The fourth-order valence-corrected chi connectivity index (χ4v) is 2.34. The van der Waals surface area contributed by atoms with E-state index in [2.05, 4.69) is 44.9 Å². The minimum atomic E-state index is -0.156. The number of anilines is 1. The fourth-order valence-electron chi connectivity index (χ4n) is 2.34. The zero-order valence-corrected chi connectivity index (χ0v) is 13.1. The fraction of sp³-hybridized carbons (Fsp3) is 0.625. The maximum atomic E-state index is 12.4. The molecule has 0 spiro atoms. The topological polar surface area (TPSA) is 68.0 Å². The Kier molecular flexibility index (Phi) is 3.53. The second-order valence-electron chi connectivity index (χ2n) is 7.37. The summed E-state index contributed by atoms with van der Waals surface area (Å²) in [6.07, 6.45) is 2.39. The number of amides is 1. The lowest BCUT2D eigenvalue weighted by atomic mass is 9.90. The van der Waals surface area contributed by atoms with Crippen molar-refractivity contribution in [2.75, 3.05) is 5.73 Å². The van der Waals surface area contributed by atoms with Crippen molar-refractivity contribution >= 4 is 11.7 Å². The summed E-state index contributed by atoms with van der Waals surface area (Å²) >= 11 is 0. The first-order valence-corrected chi connectivity index (χ1v) is 7.20. The Morgan fingerprint density at radius 3 is 2.35 bits per heavy atom. The van der Waals surface area contributed by atoms with Crippen molar-refractivity contribution in [3.8, 4) is 0 Å². The van der Waals surface area contributed by atoms with Gasteiger partial charge in [-0.1, -0.05) is 20.8 Å². The van der Waals surface area contributed by atoms with Gasteiger partial charge in [0, 0.05) is 22.2 Å². The molecule has 0 aromatic carbocycles. The molecular formula is C16H25N3O. The van der Waals surface area contributed by atoms with E-state index < -0.39 is 0 Å². The zero-order chi connectivity index (χ0) is 15.1. The van der Waals surface area contributed by atoms with Crippen molar-refractivity contribution in [3.63, 3.8) is 0 Å². The standard InChI is InChI=1S/C16H25N3O/c1-15(2,3)12-8-10(9-13(17)18-12)14(20)19-16(4,5)11-6-7-11/h8-9,11H,6-7H2,1-5H3,(H2,17,18)(H,19,20). The molecule has 1 saturated carbocycles. The summed E-state index contributed by atoms with van der Waals surface area (Å²) in [7, 11) is 0. The van der Waals surface area contributed by atoms with Crippen LogP contribution >= 0.6 is 0 Å². The Labute approximate surface area is 121 Å². The maximum absolute atomic E-state index is 12.4. The van der Waals surface area contributed by atoms with Crippen molar-refractivity contribution in [1.29, 1.82) is 0 Å². The summed E-state index contributed by atoms with van der Waals surface area (Å²) in [4.78, 5) is 16.8. The van der Waals surface area contributed by atoms with Gasteiger partial charge in [-0.05, 0) is 44.7 Å². The van der Waals surface area contributed by atoms with Gasteiger partial charge in [-0.25, -0.2) is 4.98 Å². The Balaban J connectivity index is 2.23. The number of carbonyl (C=O) groups excluding carboxylic acids is 1. The Bertz CT molecular complexity index is 525. The van der Waals surface area contributed by atoms with E-state index in [0.29, 0.717) is 17.3 Å². The lowest BCUT2D eigenvalue weighted by Crippen LogP contribution is -2.45. The van der Waals surface area contributed by atoms with Gasteiger partial charge in [0.1, 0.15) is 5.82 Å². The molecule has 1 aliphatic rings. The minimum absolute atomic E-state index is 0.0681. The number of nitrogen functional groups attached to an aromatic ring is 1. The second-order valence-corrected chi connectivity index (χ2v) is 7.37. The largest absolute Gasteiger partial charge is 0.384 e. The highest BCUT2D eigenvalue weighted by Crippen LogP contribution is 2.39. The molecule has 0 radical (unpaired) electrons. The number of pyridine rings is 1. The van der Waals surface area contributed by atoms with Gasteiger partial charge >= 0.3 is 0 Å². The van der Waals surface area contributed by atoms with Crippen molar-refractivity contribution in [3.05, 3.63) is 23.4 Å². The third-order valence-electron chi connectivity index (χ3n) is 3.91. The smallest absolute Gasteiger partial charge is 0.251 e. The van der Waals surface area contributed by atoms with E-state index in [4.69, 9.17) is 5.73 Å². The molecule has 20 heavy (non-hydrogen) atoms. The predicted octanol–water partition coefficient (Wildman–Crippen LogP) is 2.88. The van der Waals surface area contributed by atoms with Crippen LogP contribution in [0.5, 0.6) is 0 Å². The molecule has 1 aliphatic carbocycles. The van der Waals surface area contributed by atoms with Gasteiger partial charge in [0.05, 0.1) is 0 Å². The first-order valence-electron chi connectivity index (χ1n) is 7.20. The highest BCUT2D eigenvalue weighted by Gasteiger charge is 2.39. The third kappa shape index (κ3) is 3.30. The highest BCUT2D eigenvalue weighted by atomic mass is 16.1. The average Bonchev–Trinajstić information content (AvgIpc) is 3.10. The van der Waals surface area contributed by atoms with Crippen LogP contribution in [0.15, 0.2) is 12.1 Å². The lowest BCUT2D eigenvalue weighted by Gasteiger charge is -2.26. The molecule has 1 heterocycles. The van der Waals surface area contributed by atoms with Crippen molar-refractivity contribution < 1.29 is 4.79 Å². The van der Waals surface area contributed by atoms with E-state index >= 15 is 0 Å². The molecule has 110 valence electrons. The molecule has 0 aliphatic heterocycles. The number of nitrogens with two attached hydrogens (primary N) is 1. The van der Waals surface area contributed by atoms with Gasteiger partial charge in [-0.2, -0.15) is 0 Å². The van der Waals surface area contributed by atoms with E-state index in [-0.39, 0.29) is 16.9 Å². The molecule has 0 saturated heterocycles. The van der Waals surface area contributed by atoms with Gasteiger partial charge < -0.3 is 11.1 Å². The molecule has 0 atom stereocenters. The summed E-state index contributed by atoms with van der Waals surface area (Å²) in [6.45, 7) is 10.3. The normalized spacial score (nSPS) is 16.1. The summed E-state index contributed by atoms with van der Waals surface area (Å²) in [6, 6.07) is 3.49. The van der Waals surface area contributed by atoms with E-state index in [1.165, 1.54) is 12.8 Å². The third-order valence-corrected chi connectivity index (χ3v) is 3.91.